The fourth-order valence-corrected chi connectivity index (χ4v) is 2.09. The van der Waals surface area contributed by atoms with Crippen molar-refractivity contribution < 1.29 is 14.7 Å². The third-order valence-electron chi connectivity index (χ3n) is 3.28. The van der Waals surface area contributed by atoms with Crippen LogP contribution in [0.1, 0.15) is 23.2 Å². The molecule has 0 aromatic carbocycles. The minimum atomic E-state index is -0.870. The maximum absolute atomic E-state index is 11.8. The number of aromatic nitrogens is 2. The number of hydrogen-bond donors (Lipinski definition) is 2. The number of carboxylic acid groups (broad SMARTS) is 1. The van der Waals surface area contributed by atoms with E-state index in [1.54, 1.807) is 6.07 Å². The highest BCUT2D eigenvalue weighted by Crippen LogP contribution is 2.16. The lowest BCUT2D eigenvalue weighted by Crippen LogP contribution is -2.40. The van der Waals surface area contributed by atoms with Crippen LogP contribution in [0.5, 0.6) is 0 Å². The molecule has 7 nitrogen and oxygen atoms in total. The molecule has 1 aromatic rings. The summed E-state index contributed by atoms with van der Waals surface area (Å²) in [7, 11) is 0. The molecule has 1 aromatic heterocycles. The highest BCUT2D eigenvalue weighted by molar-refractivity contribution is 5.93. The number of piperidine rings is 1. The first-order valence-electron chi connectivity index (χ1n) is 6.19. The van der Waals surface area contributed by atoms with E-state index in [1.165, 1.54) is 17.3 Å². The van der Waals surface area contributed by atoms with Crippen LogP contribution in [0.3, 0.4) is 0 Å². The average Bonchev–Trinajstić information content (AvgIpc) is 2.46. The van der Waals surface area contributed by atoms with Crippen LogP contribution in [0, 0.1) is 5.92 Å². The van der Waals surface area contributed by atoms with Crippen LogP contribution < -0.4 is 5.32 Å². The number of carbonyl (C=O) groups is 2. The molecule has 0 radical (unpaired) electrons. The zero-order valence-corrected chi connectivity index (χ0v) is 10.5. The summed E-state index contributed by atoms with van der Waals surface area (Å²) >= 11 is 0. The maximum Gasteiger partial charge on any atom is 0.407 e. The standard InChI is InChI=1S/C12H16N4O3/c17-11(10-1-4-14-15-8-10)13-7-9-2-5-16(6-3-9)12(18)19/h1,4,8-9H,2-3,5-7H2,(H,13,17)(H,18,19). The SMILES string of the molecule is O=C(NCC1CCN(C(=O)O)CC1)c1ccnnc1. The van der Waals surface area contributed by atoms with Crippen molar-refractivity contribution in [2.75, 3.05) is 19.6 Å². The Hall–Kier alpha value is -2.18. The third kappa shape index (κ3) is 3.64. The van der Waals surface area contributed by atoms with E-state index in [2.05, 4.69) is 15.5 Å². The van der Waals surface area contributed by atoms with Crippen molar-refractivity contribution in [3.63, 3.8) is 0 Å². The lowest BCUT2D eigenvalue weighted by Gasteiger charge is -2.29. The van der Waals surface area contributed by atoms with E-state index in [0.29, 0.717) is 31.1 Å². The number of nitrogens with zero attached hydrogens (tertiary/aromatic N) is 3. The summed E-state index contributed by atoms with van der Waals surface area (Å²) in [5, 5.41) is 18.9. The number of hydrogen-bond acceptors (Lipinski definition) is 4. The van der Waals surface area contributed by atoms with Crippen LogP contribution in [-0.2, 0) is 0 Å². The first-order chi connectivity index (χ1) is 9.16. The highest BCUT2D eigenvalue weighted by atomic mass is 16.4. The zero-order valence-electron chi connectivity index (χ0n) is 10.5. The molecule has 2 rings (SSSR count). The summed E-state index contributed by atoms with van der Waals surface area (Å²) in [6.07, 6.45) is 3.58. The van der Waals surface area contributed by atoms with Crippen LogP contribution in [0.25, 0.3) is 0 Å². The van der Waals surface area contributed by atoms with Gasteiger partial charge in [0.1, 0.15) is 0 Å². The molecule has 102 valence electrons. The average molecular weight is 264 g/mol. The summed E-state index contributed by atoms with van der Waals surface area (Å²) in [4.78, 5) is 23.9. The summed E-state index contributed by atoms with van der Waals surface area (Å²) in [6, 6.07) is 1.61. The Morgan fingerprint density at radius 2 is 2.11 bits per heavy atom. The molecule has 19 heavy (non-hydrogen) atoms. The van der Waals surface area contributed by atoms with Gasteiger partial charge in [-0.15, -0.1) is 0 Å². The molecule has 1 saturated heterocycles. The second kappa shape index (κ2) is 6.12. The fraction of sp³-hybridized carbons (Fsp3) is 0.500. The maximum atomic E-state index is 11.8. The Balaban J connectivity index is 1.75. The number of carbonyl (C=O) groups excluding carboxylic acids is 1. The van der Waals surface area contributed by atoms with Gasteiger partial charge in [0.05, 0.1) is 18.0 Å². The normalized spacial score (nSPS) is 16.1. The van der Waals surface area contributed by atoms with Gasteiger partial charge < -0.3 is 15.3 Å². The van der Waals surface area contributed by atoms with E-state index < -0.39 is 6.09 Å². The summed E-state index contributed by atoms with van der Waals surface area (Å²) in [5.41, 5.74) is 0.484. The van der Waals surface area contributed by atoms with Gasteiger partial charge in [-0.1, -0.05) is 0 Å². The molecule has 2 N–H and O–H groups in total. The molecular formula is C12H16N4O3. The van der Waals surface area contributed by atoms with Crippen molar-refractivity contribution in [3.8, 4) is 0 Å². The minimum absolute atomic E-state index is 0.171. The molecule has 0 atom stereocenters. The van der Waals surface area contributed by atoms with Crippen molar-refractivity contribution in [2.45, 2.75) is 12.8 Å². The van der Waals surface area contributed by atoms with Crippen LogP contribution >= 0.6 is 0 Å². The highest BCUT2D eigenvalue weighted by Gasteiger charge is 2.22. The summed E-state index contributed by atoms with van der Waals surface area (Å²) in [5.74, 6) is 0.157. The van der Waals surface area contributed by atoms with Gasteiger partial charge in [-0.3, -0.25) is 4.79 Å². The minimum Gasteiger partial charge on any atom is -0.465 e. The van der Waals surface area contributed by atoms with Crippen molar-refractivity contribution in [1.82, 2.24) is 20.4 Å². The van der Waals surface area contributed by atoms with Crippen molar-refractivity contribution in [3.05, 3.63) is 24.0 Å². The predicted molar refractivity (Wildman–Crippen MR) is 66.7 cm³/mol. The van der Waals surface area contributed by atoms with E-state index in [1.807, 2.05) is 0 Å². The molecule has 0 spiro atoms. The first kappa shape index (κ1) is 13.3. The van der Waals surface area contributed by atoms with Crippen molar-refractivity contribution in [2.24, 2.45) is 5.92 Å². The Bertz CT molecular complexity index is 444. The molecule has 1 aliphatic heterocycles. The Labute approximate surface area is 110 Å². The molecule has 7 heteroatoms. The molecule has 2 heterocycles. The van der Waals surface area contributed by atoms with E-state index in [9.17, 15) is 9.59 Å². The van der Waals surface area contributed by atoms with Crippen molar-refractivity contribution >= 4 is 12.0 Å². The first-order valence-corrected chi connectivity index (χ1v) is 6.19. The van der Waals surface area contributed by atoms with E-state index >= 15 is 0 Å². The van der Waals surface area contributed by atoms with Crippen LogP contribution in [0.15, 0.2) is 18.5 Å². The van der Waals surface area contributed by atoms with Gasteiger partial charge in [0.2, 0.25) is 0 Å². The molecule has 0 unspecified atom stereocenters. The van der Waals surface area contributed by atoms with Gasteiger partial charge in [0, 0.05) is 19.6 Å². The topological polar surface area (TPSA) is 95.4 Å². The lowest BCUT2D eigenvalue weighted by molar-refractivity contribution is 0.0928. The number of likely N-dealkylation sites (tertiary alicyclic amines) is 1. The van der Waals surface area contributed by atoms with Crippen molar-refractivity contribution in [1.29, 1.82) is 0 Å². The van der Waals surface area contributed by atoms with E-state index in [-0.39, 0.29) is 5.91 Å². The third-order valence-corrected chi connectivity index (χ3v) is 3.28. The molecule has 0 bridgehead atoms. The number of rotatable bonds is 3. The van der Waals surface area contributed by atoms with Gasteiger partial charge in [0.15, 0.2) is 0 Å². The molecule has 0 aliphatic carbocycles. The van der Waals surface area contributed by atoms with E-state index in [4.69, 9.17) is 5.11 Å². The number of nitrogens with one attached hydrogen (secondary N) is 1. The molecule has 2 amide bonds. The van der Waals surface area contributed by atoms with Gasteiger partial charge in [-0.2, -0.15) is 10.2 Å². The van der Waals surface area contributed by atoms with Gasteiger partial charge >= 0.3 is 6.09 Å². The lowest BCUT2D eigenvalue weighted by atomic mass is 9.97. The predicted octanol–water partition coefficient (Wildman–Crippen LogP) is 0.596. The largest absolute Gasteiger partial charge is 0.465 e. The second-order valence-corrected chi connectivity index (χ2v) is 4.55. The van der Waals surface area contributed by atoms with Gasteiger partial charge in [-0.25, -0.2) is 4.79 Å². The van der Waals surface area contributed by atoms with Crippen LogP contribution in [0.4, 0.5) is 4.79 Å². The monoisotopic (exact) mass is 264 g/mol. The zero-order chi connectivity index (χ0) is 13.7. The molecule has 1 fully saturated rings. The van der Waals surface area contributed by atoms with Gasteiger partial charge in [-0.05, 0) is 24.8 Å². The number of amides is 2. The van der Waals surface area contributed by atoms with Gasteiger partial charge in [0.25, 0.3) is 5.91 Å². The van der Waals surface area contributed by atoms with E-state index in [0.717, 1.165) is 12.8 Å². The Morgan fingerprint density at radius 1 is 1.37 bits per heavy atom. The second-order valence-electron chi connectivity index (χ2n) is 4.55. The summed E-state index contributed by atoms with van der Waals surface area (Å²) < 4.78 is 0. The molecule has 1 aliphatic rings. The molecule has 0 saturated carbocycles. The Kier molecular flexibility index (Phi) is 4.27. The van der Waals surface area contributed by atoms with Crippen LogP contribution in [-0.4, -0.2) is 51.8 Å². The van der Waals surface area contributed by atoms with Crippen LogP contribution in [0.2, 0.25) is 0 Å². The fourth-order valence-electron chi connectivity index (χ4n) is 2.09. The summed E-state index contributed by atoms with van der Waals surface area (Å²) in [6.45, 7) is 1.63. The quantitative estimate of drug-likeness (QED) is 0.833. The molecular weight excluding hydrogens is 248 g/mol. The smallest absolute Gasteiger partial charge is 0.407 e. The Morgan fingerprint density at radius 3 is 2.68 bits per heavy atom.